The number of hydrogen-bond donors (Lipinski definition) is 2. The topological polar surface area (TPSA) is 36.4 Å². The van der Waals surface area contributed by atoms with E-state index in [9.17, 15) is 4.39 Å². The molecule has 0 aliphatic carbocycles. The average Bonchev–Trinajstić information content (AvgIpc) is 2.96. The zero-order chi connectivity index (χ0) is 14.4. The molecule has 2 rings (SSSR count). The van der Waals surface area contributed by atoms with Crippen LogP contribution < -0.4 is 10.6 Å². The van der Waals surface area contributed by atoms with Crippen molar-refractivity contribution < 1.29 is 4.39 Å². The summed E-state index contributed by atoms with van der Waals surface area (Å²) in [6.45, 7) is 3.29. The van der Waals surface area contributed by atoms with Gasteiger partial charge in [0.15, 0.2) is 5.96 Å². The second kappa shape index (κ2) is 9.50. The maximum absolute atomic E-state index is 13.5. The first-order chi connectivity index (χ1) is 9.69. The number of nitrogens with one attached hydrogen (secondary N) is 2. The van der Waals surface area contributed by atoms with E-state index in [1.165, 1.54) is 18.6 Å². The average molecular weight is 423 g/mol. The molecule has 0 saturated carbocycles. The quantitative estimate of drug-likeness (QED) is 0.443. The van der Waals surface area contributed by atoms with Gasteiger partial charge in [-0.25, -0.2) is 4.39 Å². The summed E-state index contributed by atoms with van der Waals surface area (Å²) in [7, 11) is 1.76. The molecule has 1 unspecified atom stereocenters. The number of rotatable bonds is 4. The van der Waals surface area contributed by atoms with E-state index >= 15 is 0 Å². The molecule has 21 heavy (non-hydrogen) atoms. The van der Waals surface area contributed by atoms with Gasteiger partial charge in [0.25, 0.3) is 0 Å². The van der Waals surface area contributed by atoms with Gasteiger partial charge in [-0.1, -0.05) is 12.1 Å². The first kappa shape index (κ1) is 18.5. The van der Waals surface area contributed by atoms with E-state index in [1.54, 1.807) is 26.1 Å². The summed E-state index contributed by atoms with van der Waals surface area (Å²) >= 11 is 2.02. The Hall–Kier alpha value is -0.500. The maximum Gasteiger partial charge on any atom is 0.191 e. The van der Waals surface area contributed by atoms with E-state index in [0.717, 1.165) is 18.1 Å². The van der Waals surface area contributed by atoms with E-state index in [0.29, 0.717) is 17.4 Å². The van der Waals surface area contributed by atoms with Gasteiger partial charge < -0.3 is 10.6 Å². The highest BCUT2D eigenvalue weighted by Gasteiger charge is 2.15. The van der Waals surface area contributed by atoms with Crippen LogP contribution in [0.5, 0.6) is 0 Å². The van der Waals surface area contributed by atoms with E-state index in [4.69, 9.17) is 0 Å². The lowest BCUT2D eigenvalue weighted by atomic mass is 10.1. The number of halogens is 2. The number of thioether (sulfide) groups is 1. The molecule has 0 spiro atoms. The molecular weight excluding hydrogens is 400 g/mol. The minimum Gasteiger partial charge on any atom is -0.355 e. The van der Waals surface area contributed by atoms with Crippen molar-refractivity contribution in [1.82, 2.24) is 10.6 Å². The van der Waals surface area contributed by atoms with Crippen LogP contribution in [-0.4, -0.2) is 30.6 Å². The number of benzene rings is 1. The number of hydrogen-bond acceptors (Lipinski definition) is 2. The van der Waals surface area contributed by atoms with Crippen molar-refractivity contribution in [2.45, 2.75) is 31.6 Å². The first-order valence-electron chi connectivity index (χ1n) is 7.00. The molecule has 1 aliphatic rings. The fourth-order valence-electron chi connectivity index (χ4n) is 2.17. The fraction of sp³-hybridized carbons (Fsp3) is 0.533. The van der Waals surface area contributed by atoms with Crippen molar-refractivity contribution in [1.29, 1.82) is 0 Å². The molecule has 1 heterocycles. The molecule has 6 heteroatoms. The van der Waals surface area contributed by atoms with Gasteiger partial charge in [-0.05, 0) is 42.7 Å². The minimum atomic E-state index is -0.158. The minimum absolute atomic E-state index is 0. The molecule has 0 bridgehead atoms. The van der Waals surface area contributed by atoms with Gasteiger partial charge in [-0.2, -0.15) is 11.8 Å². The predicted octanol–water partition coefficient (Wildman–Crippen LogP) is 3.31. The normalized spacial score (nSPS) is 18.2. The second-order valence-electron chi connectivity index (χ2n) is 5.03. The summed E-state index contributed by atoms with van der Waals surface area (Å²) in [5.41, 5.74) is 1.60. The number of aliphatic imine (C=N–C) groups is 1. The largest absolute Gasteiger partial charge is 0.355 e. The Labute approximate surface area is 147 Å². The third-order valence-electron chi connectivity index (χ3n) is 3.44. The predicted molar refractivity (Wildman–Crippen MR) is 100 cm³/mol. The molecule has 1 fully saturated rings. The molecule has 1 aromatic rings. The highest BCUT2D eigenvalue weighted by atomic mass is 127. The SMILES string of the molecule is CN=C(NCc1ccc(C)c(F)c1)NCC1CCCS1.I. The Morgan fingerprint density at radius 3 is 2.86 bits per heavy atom. The summed E-state index contributed by atoms with van der Waals surface area (Å²) in [5.74, 6) is 1.88. The van der Waals surface area contributed by atoms with Gasteiger partial charge in [-0.3, -0.25) is 4.99 Å². The lowest BCUT2D eigenvalue weighted by Gasteiger charge is -2.15. The maximum atomic E-state index is 13.5. The molecule has 3 nitrogen and oxygen atoms in total. The smallest absolute Gasteiger partial charge is 0.191 e. The third kappa shape index (κ3) is 6.02. The van der Waals surface area contributed by atoms with Gasteiger partial charge in [0.1, 0.15) is 5.82 Å². The number of aryl methyl sites for hydroxylation is 1. The number of nitrogens with zero attached hydrogens (tertiary/aromatic N) is 1. The van der Waals surface area contributed by atoms with Crippen molar-refractivity contribution in [3.63, 3.8) is 0 Å². The second-order valence-corrected chi connectivity index (χ2v) is 6.43. The van der Waals surface area contributed by atoms with Crippen LogP contribution in [-0.2, 0) is 6.54 Å². The highest BCUT2D eigenvalue weighted by molar-refractivity contribution is 14.0. The van der Waals surface area contributed by atoms with Crippen molar-refractivity contribution >= 4 is 41.7 Å². The van der Waals surface area contributed by atoms with Crippen LogP contribution in [0.1, 0.15) is 24.0 Å². The third-order valence-corrected chi connectivity index (χ3v) is 4.84. The highest BCUT2D eigenvalue weighted by Crippen LogP contribution is 2.25. The van der Waals surface area contributed by atoms with Crippen molar-refractivity contribution in [2.75, 3.05) is 19.3 Å². The Kier molecular flexibility index (Phi) is 8.39. The molecule has 0 amide bonds. The molecule has 2 N–H and O–H groups in total. The molecule has 1 aromatic carbocycles. The summed E-state index contributed by atoms with van der Waals surface area (Å²) < 4.78 is 13.5. The van der Waals surface area contributed by atoms with Crippen molar-refractivity contribution in [3.05, 3.63) is 35.1 Å². The van der Waals surface area contributed by atoms with Crippen LogP contribution >= 0.6 is 35.7 Å². The lowest BCUT2D eigenvalue weighted by Crippen LogP contribution is -2.39. The van der Waals surface area contributed by atoms with E-state index in [1.807, 2.05) is 17.8 Å². The van der Waals surface area contributed by atoms with Gasteiger partial charge in [0.05, 0.1) is 0 Å². The monoisotopic (exact) mass is 423 g/mol. The fourth-order valence-corrected chi connectivity index (χ4v) is 3.37. The van der Waals surface area contributed by atoms with Gasteiger partial charge in [0.2, 0.25) is 0 Å². The Bertz CT molecular complexity index is 476. The Morgan fingerprint density at radius 1 is 1.43 bits per heavy atom. The van der Waals surface area contributed by atoms with Gasteiger partial charge >= 0.3 is 0 Å². The number of guanidine groups is 1. The van der Waals surface area contributed by atoms with Gasteiger partial charge in [0, 0.05) is 25.4 Å². The van der Waals surface area contributed by atoms with Crippen LogP contribution in [0, 0.1) is 12.7 Å². The van der Waals surface area contributed by atoms with Gasteiger partial charge in [-0.15, -0.1) is 24.0 Å². The summed E-state index contributed by atoms with van der Waals surface area (Å²) in [5, 5.41) is 7.24. The van der Waals surface area contributed by atoms with Crippen molar-refractivity contribution in [3.8, 4) is 0 Å². The molecule has 0 aromatic heterocycles. The molecule has 1 atom stereocenters. The molecule has 0 radical (unpaired) electrons. The standard InChI is InChI=1S/C15H22FN3S.HI/c1-11-5-6-12(8-14(11)16)9-18-15(17-2)19-10-13-4-3-7-20-13;/h5-6,8,13H,3-4,7,9-10H2,1-2H3,(H2,17,18,19);1H. The van der Waals surface area contributed by atoms with Crippen LogP contribution in [0.3, 0.4) is 0 Å². The van der Waals surface area contributed by atoms with Crippen LogP contribution in [0.25, 0.3) is 0 Å². The molecule has 1 saturated heterocycles. The molecule has 118 valence electrons. The zero-order valence-corrected chi connectivity index (χ0v) is 15.6. The summed E-state index contributed by atoms with van der Waals surface area (Å²) in [6.07, 6.45) is 2.59. The van der Waals surface area contributed by atoms with Crippen LogP contribution in [0.4, 0.5) is 4.39 Å². The molecular formula is C15H23FIN3S. The van der Waals surface area contributed by atoms with Crippen LogP contribution in [0.2, 0.25) is 0 Å². The first-order valence-corrected chi connectivity index (χ1v) is 8.05. The van der Waals surface area contributed by atoms with E-state index < -0.39 is 0 Å². The molecule has 1 aliphatic heterocycles. The van der Waals surface area contributed by atoms with Crippen molar-refractivity contribution in [2.24, 2.45) is 4.99 Å². The summed E-state index contributed by atoms with van der Waals surface area (Å²) in [4.78, 5) is 4.20. The lowest BCUT2D eigenvalue weighted by molar-refractivity contribution is 0.615. The van der Waals surface area contributed by atoms with Crippen LogP contribution in [0.15, 0.2) is 23.2 Å². The zero-order valence-electron chi connectivity index (χ0n) is 12.5. The Balaban J connectivity index is 0.00000220. The van der Waals surface area contributed by atoms with E-state index in [2.05, 4.69) is 15.6 Å². The summed E-state index contributed by atoms with van der Waals surface area (Å²) in [6, 6.07) is 5.31. The Morgan fingerprint density at radius 2 is 2.24 bits per heavy atom. The van der Waals surface area contributed by atoms with E-state index in [-0.39, 0.29) is 29.8 Å².